The van der Waals surface area contributed by atoms with Crippen LogP contribution in [0.1, 0.15) is 0 Å². The van der Waals surface area contributed by atoms with Crippen molar-refractivity contribution < 1.29 is 4.42 Å². The summed E-state index contributed by atoms with van der Waals surface area (Å²) in [7, 11) is 0. The molecule has 0 bridgehead atoms. The van der Waals surface area contributed by atoms with Crippen molar-refractivity contribution in [3.8, 4) is 0 Å². The van der Waals surface area contributed by atoms with Gasteiger partial charge in [0.15, 0.2) is 5.58 Å². The second-order valence-electron chi connectivity index (χ2n) is 11.2. The zero-order valence-corrected chi connectivity index (χ0v) is 25.0. The zero-order chi connectivity index (χ0) is 28.8. The Kier molecular flexibility index (Phi) is 5.03. The van der Waals surface area contributed by atoms with Crippen molar-refractivity contribution in [1.82, 2.24) is 4.98 Å². The Morgan fingerprint density at radius 3 is 1.68 bits per heavy atom. The molecule has 0 aliphatic heterocycles. The summed E-state index contributed by atoms with van der Waals surface area (Å²) in [5.41, 5.74) is 5.65. The molecule has 0 atom stereocenters. The third-order valence-electron chi connectivity index (χ3n) is 8.66. The monoisotopic (exact) mass is 598 g/mol. The summed E-state index contributed by atoms with van der Waals surface area (Å²) >= 11 is 3.68. The molecule has 4 heterocycles. The van der Waals surface area contributed by atoms with Gasteiger partial charge in [-0.15, -0.1) is 22.7 Å². The molecule has 0 aliphatic rings. The van der Waals surface area contributed by atoms with E-state index < -0.39 is 0 Å². The highest BCUT2D eigenvalue weighted by atomic mass is 32.1. The molecule has 0 fully saturated rings. The topological polar surface area (TPSA) is 29.3 Å². The molecule has 6 aromatic carbocycles. The number of fused-ring (bicyclic) bond motifs is 10. The normalized spacial score (nSPS) is 12.1. The van der Waals surface area contributed by atoms with E-state index in [2.05, 4.69) is 132 Å². The molecule has 0 saturated heterocycles. The van der Waals surface area contributed by atoms with Gasteiger partial charge in [0.2, 0.25) is 0 Å². The first-order chi connectivity index (χ1) is 21.8. The fourth-order valence-corrected chi connectivity index (χ4v) is 8.77. The average Bonchev–Trinajstić information content (AvgIpc) is 3.74. The third kappa shape index (κ3) is 3.57. The summed E-state index contributed by atoms with van der Waals surface area (Å²) in [6, 6.07) is 45.7. The molecule has 0 spiro atoms. The molecule has 206 valence electrons. The van der Waals surface area contributed by atoms with E-state index in [9.17, 15) is 0 Å². The van der Waals surface area contributed by atoms with Gasteiger partial charge in [0, 0.05) is 63.2 Å². The first-order valence-corrected chi connectivity index (χ1v) is 16.2. The van der Waals surface area contributed by atoms with E-state index >= 15 is 0 Å². The van der Waals surface area contributed by atoms with Crippen LogP contribution in [0.3, 0.4) is 0 Å². The fourth-order valence-electron chi connectivity index (χ4n) is 6.60. The number of aromatic nitrogens is 1. The van der Waals surface area contributed by atoms with Gasteiger partial charge in [0.1, 0.15) is 11.1 Å². The minimum absolute atomic E-state index is 0.780. The molecule has 0 amide bonds. The highest BCUT2D eigenvalue weighted by Gasteiger charge is 2.19. The van der Waals surface area contributed by atoms with Crippen molar-refractivity contribution in [2.45, 2.75) is 0 Å². The van der Waals surface area contributed by atoms with Gasteiger partial charge in [-0.25, -0.2) is 4.98 Å². The van der Waals surface area contributed by atoms with Crippen LogP contribution < -0.4 is 4.90 Å². The summed E-state index contributed by atoms with van der Waals surface area (Å²) in [5.74, 6) is 0. The lowest BCUT2D eigenvalue weighted by atomic mass is 10.1. The molecule has 0 aliphatic carbocycles. The Morgan fingerprint density at radius 1 is 0.455 bits per heavy atom. The molecule has 0 N–H and O–H groups in total. The zero-order valence-electron chi connectivity index (χ0n) is 23.3. The van der Waals surface area contributed by atoms with Crippen molar-refractivity contribution in [2.24, 2.45) is 0 Å². The molecule has 0 saturated carbocycles. The van der Waals surface area contributed by atoms with Crippen LogP contribution in [-0.2, 0) is 0 Å². The first kappa shape index (κ1) is 24.2. The molecular weight excluding hydrogens is 577 g/mol. The van der Waals surface area contributed by atoms with E-state index in [1.165, 1.54) is 45.7 Å². The van der Waals surface area contributed by atoms with Crippen molar-refractivity contribution in [3.05, 3.63) is 134 Å². The summed E-state index contributed by atoms with van der Waals surface area (Å²) < 4.78 is 11.6. The van der Waals surface area contributed by atoms with E-state index in [1.54, 1.807) is 0 Å². The van der Waals surface area contributed by atoms with Crippen molar-refractivity contribution in [3.63, 3.8) is 0 Å². The lowest BCUT2D eigenvalue weighted by Gasteiger charge is -2.25. The fraction of sp³-hybridized carbons (Fsp3) is 0. The van der Waals surface area contributed by atoms with E-state index in [4.69, 9.17) is 9.40 Å². The largest absolute Gasteiger partial charge is 0.454 e. The lowest BCUT2D eigenvalue weighted by Crippen LogP contribution is -2.10. The van der Waals surface area contributed by atoms with Gasteiger partial charge < -0.3 is 9.32 Å². The smallest absolute Gasteiger partial charge is 0.155 e. The Bertz CT molecular complexity index is 2640. The summed E-state index contributed by atoms with van der Waals surface area (Å²) in [5, 5.41) is 8.47. The van der Waals surface area contributed by atoms with E-state index in [0.29, 0.717) is 0 Å². The van der Waals surface area contributed by atoms with E-state index in [1.807, 2.05) is 28.9 Å². The van der Waals surface area contributed by atoms with Crippen LogP contribution >= 0.6 is 22.7 Å². The van der Waals surface area contributed by atoms with Crippen LogP contribution in [0.25, 0.3) is 73.2 Å². The number of benzene rings is 6. The van der Waals surface area contributed by atoms with E-state index in [0.717, 1.165) is 44.5 Å². The minimum Gasteiger partial charge on any atom is -0.454 e. The number of hydrogen-bond acceptors (Lipinski definition) is 5. The molecular formula is C39H22N2OS2. The molecule has 44 heavy (non-hydrogen) atoms. The summed E-state index contributed by atoms with van der Waals surface area (Å²) in [6.45, 7) is 0. The Hall–Kier alpha value is -5.23. The Morgan fingerprint density at radius 2 is 1.02 bits per heavy atom. The number of furan rings is 1. The predicted molar refractivity (Wildman–Crippen MR) is 189 cm³/mol. The average molecular weight is 599 g/mol. The van der Waals surface area contributed by atoms with Gasteiger partial charge in [-0.1, -0.05) is 60.7 Å². The van der Waals surface area contributed by atoms with Crippen LogP contribution in [0.5, 0.6) is 0 Å². The van der Waals surface area contributed by atoms with Crippen molar-refractivity contribution in [2.75, 3.05) is 4.90 Å². The number of rotatable bonds is 3. The van der Waals surface area contributed by atoms with Gasteiger partial charge in [-0.3, -0.25) is 0 Å². The number of thiophene rings is 2. The third-order valence-corrected chi connectivity index (χ3v) is 11.0. The number of anilines is 3. The van der Waals surface area contributed by atoms with E-state index in [-0.39, 0.29) is 0 Å². The molecule has 5 heteroatoms. The molecule has 3 nitrogen and oxygen atoms in total. The SMILES string of the molecule is c1ccc2cc3c(cc2c1)oc1cc(N(c2ccc4sc5ccccc5c4c2)c2ccc4sc5ccccc5c4c2)cnc13. The van der Waals surface area contributed by atoms with Crippen molar-refractivity contribution in [1.29, 1.82) is 0 Å². The maximum atomic E-state index is 6.47. The molecule has 0 radical (unpaired) electrons. The standard InChI is InChI=1S/C39H22N2OS2/c1-2-8-24-18-33-32(17-23(24)7-1)39-34(42-33)21-27(22-40-39)41(25-13-15-37-30(19-25)28-9-3-5-11-35(28)43-37)26-14-16-38-31(20-26)29-10-4-6-12-36(29)44-38/h1-22H. The number of nitrogens with zero attached hydrogens (tertiary/aromatic N) is 2. The van der Waals surface area contributed by atoms with Crippen LogP contribution in [0.2, 0.25) is 0 Å². The van der Waals surface area contributed by atoms with Gasteiger partial charge in [0.25, 0.3) is 0 Å². The lowest BCUT2D eigenvalue weighted by molar-refractivity contribution is 0.668. The first-order valence-electron chi connectivity index (χ1n) is 14.6. The highest BCUT2D eigenvalue weighted by molar-refractivity contribution is 7.26. The molecule has 10 aromatic rings. The van der Waals surface area contributed by atoms with Crippen LogP contribution in [-0.4, -0.2) is 4.98 Å². The van der Waals surface area contributed by atoms with Crippen molar-refractivity contribution >= 4 is 113 Å². The Balaban J connectivity index is 1.22. The van der Waals surface area contributed by atoms with Crippen LogP contribution in [0, 0.1) is 0 Å². The minimum atomic E-state index is 0.780. The molecule has 0 unspecified atom stereocenters. The summed E-state index contributed by atoms with van der Waals surface area (Å²) in [6.07, 6.45) is 1.98. The maximum absolute atomic E-state index is 6.47. The maximum Gasteiger partial charge on any atom is 0.155 e. The van der Waals surface area contributed by atoms with Gasteiger partial charge in [0.05, 0.1) is 11.9 Å². The van der Waals surface area contributed by atoms with Crippen LogP contribution in [0.4, 0.5) is 17.1 Å². The number of pyridine rings is 1. The van der Waals surface area contributed by atoms with Gasteiger partial charge >= 0.3 is 0 Å². The molecule has 10 rings (SSSR count). The van der Waals surface area contributed by atoms with Crippen LogP contribution in [0.15, 0.2) is 138 Å². The Labute approximate surface area is 259 Å². The van der Waals surface area contributed by atoms with Gasteiger partial charge in [-0.05, 0) is 71.4 Å². The predicted octanol–water partition coefficient (Wildman–Crippen LogP) is 12.3. The number of hydrogen-bond donors (Lipinski definition) is 0. The second kappa shape index (κ2) is 9.13. The summed E-state index contributed by atoms with van der Waals surface area (Å²) in [4.78, 5) is 7.33. The highest BCUT2D eigenvalue weighted by Crippen LogP contribution is 2.44. The quantitative estimate of drug-likeness (QED) is 0.203. The molecule has 4 aromatic heterocycles. The van der Waals surface area contributed by atoms with Gasteiger partial charge in [-0.2, -0.15) is 0 Å². The second-order valence-corrected chi connectivity index (χ2v) is 13.4.